The van der Waals surface area contributed by atoms with Gasteiger partial charge in [-0.15, -0.1) is 0 Å². The first-order valence-electron chi connectivity index (χ1n) is 8.00. The minimum atomic E-state index is -0.404. The third-order valence-electron chi connectivity index (χ3n) is 4.78. The van der Waals surface area contributed by atoms with Gasteiger partial charge < -0.3 is 15.1 Å². The predicted molar refractivity (Wildman–Crippen MR) is 80.9 cm³/mol. The summed E-state index contributed by atoms with van der Waals surface area (Å²) in [6.07, 6.45) is 6.14. The molecule has 0 radical (unpaired) electrons. The lowest BCUT2D eigenvalue weighted by molar-refractivity contribution is -0.126. The van der Waals surface area contributed by atoms with Crippen molar-refractivity contribution >= 4 is 5.91 Å². The Bertz CT molecular complexity index is 460. The van der Waals surface area contributed by atoms with Crippen LogP contribution >= 0.6 is 0 Å². The number of nitrogens with one attached hydrogen (secondary N) is 2. The van der Waals surface area contributed by atoms with Gasteiger partial charge in [-0.2, -0.15) is 0 Å². The average molecular weight is 291 g/mol. The molecular formula is C16H25N3O2. The Hall–Kier alpha value is -1.33. The minimum absolute atomic E-state index is 0.107. The second-order valence-corrected chi connectivity index (χ2v) is 6.35. The normalized spacial score (nSPS) is 27.9. The molecule has 0 bridgehead atoms. The van der Waals surface area contributed by atoms with Crippen molar-refractivity contribution in [2.24, 2.45) is 0 Å². The van der Waals surface area contributed by atoms with Crippen LogP contribution in [-0.2, 0) is 4.79 Å². The summed E-state index contributed by atoms with van der Waals surface area (Å²) < 4.78 is 5.58. The van der Waals surface area contributed by atoms with Crippen molar-refractivity contribution in [3.05, 3.63) is 24.2 Å². The molecular weight excluding hydrogens is 266 g/mol. The summed E-state index contributed by atoms with van der Waals surface area (Å²) in [6, 6.07) is 4.07. The van der Waals surface area contributed by atoms with E-state index in [0.29, 0.717) is 6.54 Å². The van der Waals surface area contributed by atoms with E-state index >= 15 is 0 Å². The molecule has 2 aliphatic rings. The summed E-state index contributed by atoms with van der Waals surface area (Å²) >= 11 is 0. The summed E-state index contributed by atoms with van der Waals surface area (Å²) in [5.74, 6) is 1.05. The monoisotopic (exact) mass is 291 g/mol. The van der Waals surface area contributed by atoms with Crippen LogP contribution in [-0.4, -0.2) is 42.5 Å². The van der Waals surface area contributed by atoms with Gasteiger partial charge in [-0.25, -0.2) is 0 Å². The van der Waals surface area contributed by atoms with Gasteiger partial charge in [0.25, 0.3) is 0 Å². The second-order valence-electron chi connectivity index (χ2n) is 6.35. The van der Waals surface area contributed by atoms with E-state index in [-0.39, 0.29) is 11.9 Å². The molecule has 2 N–H and O–H groups in total. The van der Waals surface area contributed by atoms with Crippen LogP contribution in [0.4, 0.5) is 0 Å². The van der Waals surface area contributed by atoms with E-state index in [4.69, 9.17) is 4.42 Å². The number of likely N-dealkylation sites (tertiary alicyclic amines) is 1. The minimum Gasteiger partial charge on any atom is -0.468 e. The van der Waals surface area contributed by atoms with Gasteiger partial charge in [-0.3, -0.25) is 9.69 Å². The number of rotatable bonds is 5. The molecule has 1 amide bonds. The largest absolute Gasteiger partial charge is 0.468 e. The standard InChI is InChI=1S/C16H25N3O2/c1-16(7-5-8-18-16)15(20)17-12-13(14-6-4-11-21-14)19-9-2-3-10-19/h4,6,11,13,18H,2-3,5,7-10,12H2,1H3,(H,17,20). The van der Waals surface area contributed by atoms with Gasteiger partial charge >= 0.3 is 0 Å². The molecule has 21 heavy (non-hydrogen) atoms. The third-order valence-corrected chi connectivity index (χ3v) is 4.78. The number of carbonyl (C=O) groups excluding carboxylic acids is 1. The molecule has 0 spiro atoms. The van der Waals surface area contributed by atoms with Gasteiger partial charge in [0.2, 0.25) is 5.91 Å². The molecule has 0 aliphatic carbocycles. The van der Waals surface area contributed by atoms with Gasteiger partial charge in [-0.1, -0.05) is 0 Å². The van der Waals surface area contributed by atoms with Crippen LogP contribution in [0.15, 0.2) is 22.8 Å². The number of furan rings is 1. The van der Waals surface area contributed by atoms with E-state index in [1.165, 1.54) is 12.8 Å². The highest BCUT2D eigenvalue weighted by atomic mass is 16.3. The number of carbonyl (C=O) groups is 1. The average Bonchev–Trinajstić information content (AvgIpc) is 3.21. The van der Waals surface area contributed by atoms with Crippen molar-refractivity contribution in [1.82, 2.24) is 15.5 Å². The smallest absolute Gasteiger partial charge is 0.240 e. The van der Waals surface area contributed by atoms with Crippen LogP contribution in [0.3, 0.4) is 0 Å². The van der Waals surface area contributed by atoms with Gasteiger partial charge in [0.05, 0.1) is 17.8 Å². The first kappa shape index (κ1) is 14.6. The van der Waals surface area contributed by atoms with Crippen molar-refractivity contribution in [2.45, 2.75) is 44.2 Å². The van der Waals surface area contributed by atoms with Crippen LogP contribution in [0.1, 0.15) is 44.4 Å². The summed E-state index contributed by atoms with van der Waals surface area (Å²) in [5, 5.41) is 6.44. The Morgan fingerprint density at radius 1 is 1.48 bits per heavy atom. The van der Waals surface area contributed by atoms with E-state index in [0.717, 1.165) is 38.2 Å². The second kappa shape index (κ2) is 6.20. The first-order chi connectivity index (χ1) is 10.2. The zero-order chi connectivity index (χ0) is 14.7. The Kier molecular flexibility index (Phi) is 4.31. The molecule has 3 rings (SSSR count). The Morgan fingerprint density at radius 2 is 2.29 bits per heavy atom. The lowest BCUT2D eigenvalue weighted by atomic mass is 9.99. The quantitative estimate of drug-likeness (QED) is 0.866. The highest BCUT2D eigenvalue weighted by molar-refractivity contribution is 5.86. The number of amides is 1. The zero-order valence-corrected chi connectivity index (χ0v) is 12.7. The molecule has 1 aromatic heterocycles. The molecule has 5 heteroatoms. The van der Waals surface area contributed by atoms with Gasteiger partial charge in [0.15, 0.2) is 0 Å². The maximum Gasteiger partial charge on any atom is 0.240 e. The van der Waals surface area contributed by atoms with E-state index < -0.39 is 5.54 Å². The van der Waals surface area contributed by atoms with Crippen LogP contribution in [0.5, 0.6) is 0 Å². The third kappa shape index (κ3) is 3.14. The Balaban J connectivity index is 1.63. The Morgan fingerprint density at radius 3 is 2.90 bits per heavy atom. The number of hydrogen-bond donors (Lipinski definition) is 2. The van der Waals surface area contributed by atoms with E-state index in [1.54, 1.807) is 6.26 Å². The van der Waals surface area contributed by atoms with Crippen molar-refractivity contribution in [2.75, 3.05) is 26.2 Å². The molecule has 1 aromatic rings. The molecule has 2 atom stereocenters. The van der Waals surface area contributed by atoms with Crippen molar-refractivity contribution in [3.8, 4) is 0 Å². The topological polar surface area (TPSA) is 57.5 Å². The summed E-state index contributed by atoms with van der Waals surface area (Å²) in [5.41, 5.74) is -0.404. The molecule has 0 aromatic carbocycles. The lowest BCUT2D eigenvalue weighted by Crippen LogP contribution is -2.52. The van der Waals surface area contributed by atoms with Gasteiger partial charge in [-0.05, 0) is 64.4 Å². The first-order valence-corrected chi connectivity index (χ1v) is 8.00. The van der Waals surface area contributed by atoms with Gasteiger partial charge in [0.1, 0.15) is 5.76 Å². The fourth-order valence-corrected chi connectivity index (χ4v) is 3.42. The van der Waals surface area contributed by atoms with Gasteiger partial charge in [0, 0.05) is 6.54 Å². The van der Waals surface area contributed by atoms with E-state index in [9.17, 15) is 4.79 Å². The van der Waals surface area contributed by atoms with Crippen LogP contribution in [0.2, 0.25) is 0 Å². The maximum atomic E-state index is 12.4. The Labute approximate surface area is 126 Å². The molecule has 2 fully saturated rings. The SMILES string of the molecule is CC1(C(=O)NCC(c2ccco2)N2CCCC2)CCCN1. The van der Waals surface area contributed by atoms with E-state index in [1.807, 2.05) is 19.1 Å². The lowest BCUT2D eigenvalue weighted by Gasteiger charge is -2.29. The van der Waals surface area contributed by atoms with Crippen molar-refractivity contribution in [1.29, 1.82) is 0 Å². The van der Waals surface area contributed by atoms with Crippen LogP contribution < -0.4 is 10.6 Å². The molecule has 2 saturated heterocycles. The molecule has 5 nitrogen and oxygen atoms in total. The molecule has 2 aliphatic heterocycles. The van der Waals surface area contributed by atoms with Crippen LogP contribution in [0.25, 0.3) is 0 Å². The fraction of sp³-hybridized carbons (Fsp3) is 0.688. The fourth-order valence-electron chi connectivity index (χ4n) is 3.42. The summed E-state index contributed by atoms with van der Waals surface area (Å²) in [4.78, 5) is 14.8. The molecule has 3 heterocycles. The van der Waals surface area contributed by atoms with Crippen LogP contribution in [0, 0.1) is 0 Å². The molecule has 0 saturated carbocycles. The highest BCUT2D eigenvalue weighted by Crippen LogP contribution is 2.25. The molecule has 116 valence electrons. The van der Waals surface area contributed by atoms with Crippen molar-refractivity contribution in [3.63, 3.8) is 0 Å². The number of hydrogen-bond acceptors (Lipinski definition) is 4. The summed E-state index contributed by atoms with van der Waals surface area (Å²) in [6.45, 7) is 5.70. The van der Waals surface area contributed by atoms with E-state index in [2.05, 4.69) is 15.5 Å². The van der Waals surface area contributed by atoms with Crippen molar-refractivity contribution < 1.29 is 9.21 Å². The highest BCUT2D eigenvalue weighted by Gasteiger charge is 2.36. The zero-order valence-electron chi connectivity index (χ0n) is 12.7. The maximum absolute atomic E-state index is 12.4. The summed E-state index contributed by atoms with van der Waals surface area (Å²) in [7, 11) is 0. The molecule has 2 unspecified atom stereocenters. The predicted octanol–water partition coefficient (Wildman–Crippen LogP) is 1.67. The number of nitrogens with zero attached hydrogens (tertiary/aromatic N) is 1.